The fourth-order valence-corrected chi connectivity index (χ4v) is 4.69. The first kappa shape index (κ1) is 22.9. The van der Waals surface area contributed by atoms with Crippen LogP contribution in [0.1, 0.15) is 44.1 Å². The lowest BCUT2D eigenvalue weighted by Gasteiger charge is -2.12. The molecule has 2 heterocycles. The summed E-state index contributed by atoms with van der Waals surface area (Å²) in [5, 5.41) is 4.24. The molecular weight excluding hydrogens is 394 g/mol. The number of hydrogen-bond donors (Lipinski definition) is 1. The summed E-state index contributed by atoms with van der Waals surface area (Å²) >= 11 is 2.86. The number of carbonyl (C=O) groups excluding carboxylic acids is 1. The summed E-state index contributed by atoms with van der Waals surface area (Å²) < 4.78 is 7.11. The molecule has 156 valence electrons. The Morgan fingerprint density at radius 1 is 1.36 bits per heavy atom. The maximum atomic E-state index is 13.1. The van der Waals surface area contributed by atoms with Crippen molar-refractivity contribution < 1.29 is 9.53 Å². The van der Waals surface area contributed by atoms with Gasteiger partial charge in [-0.25, -0.2) is 4.98 Å². The van der Waals surface area contributed by atoms with Crippen molar-refractivity contribution >= 4 is 39.2 Å². The minimum absolute atomic E-state index is 0.0222. The molecule has 0 unspecified atom stereocenters. The summed E-state index contributed by atoms with van der Waals surface area (Å²) in [6.45, 7) is 12.7. The summed E-state index contributed by atoms with van der Waals surface area (Å²) in [5.74, 6) is 0.780. The second kappa shape index (κ2) is 11.0. The molecule has 2 aromatic rings. The molecule has 0 bridgehead atoms. The first-order valence-electron chi connectivity index (χ1n) is 9.82. The topological polar surface area (TPSA) is 73.2 Å². The quantitative estimate of drug-likeness (QED) is 0.337. The summed E-state index contributed by atoms with van der Waals surface area (Å²) in [7, 11) is 0. The monoisotopic (exact) mass is 425 g/mol. The van der Waals surface area contributed by atoms with Crippen LogP contribution in [-0.4, -0.2) is 41.0 Å². The van der Waals surface area contributed by atoms with Gasteiger partial charge in [0.1, 0.15) is 4.83 Å². The predicted molar refractivity (Wildman–Crippen MR) is 118 cm³/mol. The molecule has 0 saturated heterocycles. The van der Waals surface area contributed by atoms with Crippen molar-refractivity contribution in [1.29, 1.82) is 0 Å². The third-order valence-corrected chi connectivity index (χ3v) is 6.58. The standard InChI is InChI=1S/C20H31N3O3S2/c1-6-26-11-7-10-23-19(25)17-14(4)15(5)28-18(17)22-20(23)27-12-16(24)21-9-8-13(2)3/h13H,6-12H2,1-5H3,(H,21,24). The van der Waals surface area contributed by atoms with Gasteiger partial charge < -0.3 is 10.1 Å². The van der Waals surface area contributed by atoms with E-state index in [0.717, 1.165) is 28.1 Å². The number of aryl methyl sites for hydroxylation is 2. The average molecular weight is 426 g/mol. The van der Waals surface area contributed by atoms with Gasteiger partial charge in [-0.2, -0.15) is 0 Å². The number of ether oxygens (including phenoxy) is 1. The van der Waals surface area contributed by atoms with Gasteiger partial charge in [0.05, 0.1) is 11.1 Å². The molecule has 1 amide bonds. The molecule has 0 atom stereocenters. The lowest BCUT2D eigenvalue weighted by molar-refractivity contribution is -0.118. The first-order chi connectivity index (χ1) is 13.3. The third kappa shape index (κ3) is 6.06. The molecule has 0 aromatic carbocycles. The van der Waals surface area contributed by atoms with Gasteiger partial charge in [-0.1, -0.05) is 25.6 Å². The van der Waals surface area contributed by atoms with Crippen LogP contribution < -0.4 is 10.9 Å². The van der Waals surface area contributed by atoms with Crippen LogP contribution in [0.5, 0.6) is 0 Å². The smallest absolute Gasteiger partial charge is 0.263 e. The highest BCUT2D eigenvalue weighted by atomic mass is 32.2. The highest BCUT2D eigenvalue weighted by molar-refractivity contribution is 7.99. The van der Waals surface area contributed by atoms with E-state index in [1.54, 1.807) is 4.57 Å². The van der Waals surface area contributed by atoms with Gasteiger partial charge in [-0.05, 0) is 45.1 Å². The Labute approximate surface area is 175 Å². The number of nitrogens with zero attached hydrogens (tertiary/aromatic N) is 2. The van der Waals surface area contributed by atoms with Crippen molar-refractivity contribution in [3.05, 3.63) is 20.8 Å². The Bertz CT molecular complexity index is 858. The van der Waals surface area contributed by atoms with Crippen LogP contribution in [0, 0.1) is 19.8 Å². The lowest BCUT2D eigenvalue weighted by atomic mass is 10.1. The van der Waals surface area contributed by atoms with Gasteiger partial charge in [-0.3, -0.25) is 14.2 Å². The normalized spacial score (nSPS) is 11.5. The highest BCUT2D eigenvalue weighted by Gasteiger charge is 2.17. The minimum Gasteiger partial charge on any atom is -0.382 e. The number of thiophene rings is 1. The molecule has 28 heavy (non-hydrogen) atoms. The summed E-state index contributed by atoms with van der Waals surface area (Å²) in [6, 6.07) is 0. The number of carbonyl (C=O) groups is 1. The maximum Gasteiger partial charge on any atom is 0.263 e. The minimum atomic E-state index is -0.0283. The summed E-state index contributed by atoms with van der Waals surface area (Å²) in [4.78, 5) is 31.8. The maximum absolute atomic E-state index is 13.1. The number of hydrogen-bond acceptors (Lipinski definition) is 6. The molecule has 0 aliphatic carbocycles. The van der Waals surface area contributed by atoms with Crippen molar-refractivity contribution in [2.24, 2.45) is 5.92 Å². The van der Waals surface area contributed by atoms with Crippen LogP contribution in [0.15, 0.2) is 9.95 Å². The largest absolute Gasteiger partial charge is 0.382 e. The van der Waals surface area contributed by atoms with Crippen molar-refractivity contribution in [3.8, 4) is 0 Å². The number of aromatic nitrogens is 2. The van der Waals surface area contributed by atoms with E-state index >= 15 is 0 Å². The predicted octanol–water partition coefficient (Wildman–Crippen LogP) is 3.76. The molecular formula is C20H31N3O3S2. The lowest BCUT2D eigenvalue weighted by Crippen LogP contribution is -2.28. The van der Waals surface area contributed by atoms with Crippen molar-refractivity contribution in [2.45, 2.75) is 59.2 Å². The van der Waals surface area contributed by atoms with Gasteiger partial charge in [0, 0.05) is 31.2 Å². The van der Waals surface area contributed by atoms with Crippen LogP contribution >= 0.6 is 23.1 Å². The zero-order chi connectivity index (χ0) is 20.7. The highest BCUT2D eigenvalue weighted by Crippen LogP contribution is 2.28. The molecule has 0 radical (unpaired) electrons. The van der Waals surface area contributed by atoms with Crippen molar-refractivity contribution in [3.63, 3.8) is 0 Å². The van der Waals surface area contributed by atoms with Gasteiger partial charge in [-0.15, -0.1) is 11.3 Å². The van der Waals surface area contributed by atoms with Crippen LogP contribution in [0.4, 0.5) is 0 Å². The molecule has 0 aliphatic rings. The average Bonchev–Trinajstić information content (AvgIpc) is 2.92. The van der Waals surface area contributed by atoms with Crippen LogP contribution in [-0.2, 0) is 16.1 Å². The molecule has 1 N–H and O–H groups in total. The second-order valence-electron chi connectivity index (χ2n) is 7.19. The summed E-state index contributed by atoms with van der Waals surface area (Å²) in [5.41, 5.74) is 0.977. The molecule has 0 spiro atoms. The molecule has 8 heteroatoms. The molecule has 0 fully saturated rings. The first-order valence-corrected chi connectivity index (χ1v) is 11.6. The fourth-order valence-electron chi connectivity index (χ4n) is 2.77. The van der Waals surface area contributed by atoms with E-state index in [0.29, 0.717) is 42.8 Å². The second-order valence-corrected chi connectivity index (χ2v) is 9.33. The van der Waals surface area contributed by atoms with E-state index < -0.39 is 0 Å². The number of fused-ring (bicyclic) bond motifs is 1. The number of rotatable bonds is 11. The van der Waals surface area contributed by atoms with E-state index in [9.17, 15) is 9.59 Å². The van der Waals surface area contributed by atoms with Gasteiger partial charge in [0.15, 0.2) is 5.16 Å². The van der Waals surface area contributed by atoms with E-state index in [1.165, 1.54) is 23.1 Å². The fraction of sp³-hybridized carbons (Fsp3) is 0.650. The Balaban J connectivity index is 2.19. The van der Waals surface area contributed by atoms with E-state index in [1.807, 2.05) is 20.8 Å². The number of thioether (sulfide) groups is 1. The van der Waals surface area contributed by atoms with Crippen LogP contribution in [0.3, 0.4) is 0 Å². The van der Waals surface area contributed by atoms with Crippen LogP contribution in [0.25, 0.3) is 10.2 Å². The van der Waals surface area contributed by atoms with Gasteiger partial charge >= 0.3 is 0 Å². The summed E-state index contributed by atoms with van der Waals surface area (Å²) in [6.07, 6.45) is 1.69. The van der Waals surface area contributed by atoms with E-state index in [2.05, 4.69) is 19.2 Å². The Kier molecular flexibility index (Phi) is 8.98. The van der Waals surface area contributed by atoms with Crippen molar-refractivity contribution in [2.75, 3.05) is 25.5 Å². The molecule has 2 aromatic heterocycles. The Morgan fingerprint density at radius 3 is 2.79 bits per heavy atom. The Hall–Kier alpha value is -1.38. The number of amides is 1. The zero-order valence-electron chi connectivity index (χ0n) is 17.5. The molecule has 2 rings (SSSR count). The van der Waals surface area contributed by atoms with Crippen LogP contribution in [0.2, 0.25) is 0 Å². The van der Waals surface area contributed by atoms with Gasteiger partial charge in [0.2, 0.25) is 5.91 Å². The molecule has 0 aliphatic heterocycles. The van der Waals surface area contributed by atoms with Gasteiger partial charge in [0.25, 0.3) is 5.56 Å². The number of nitrogens with one attached hydrogen (secondary N) is 1. The Morgan fingerprint density at radius 2 is 2.11 bits per heavy atom. The van der Waals surface area contributed by atoms with E-state index in [-0.39, 0.29) is 17.2 Å². The third-order valence-electron chi connectivity index (χ3n) is 4.50. The molecule has 6 nitrogen and oxygen atoms in total. The van der Waals surface area contributed by atoms with E-state index in [4.69, 9.17) is 9.72 Å². The molecule has 0 saturated carbocycles. The van der Waals surface area contributed by atoms with Crippen molar-refractivity contribution in [1.82, 2.24) is 14.9 Å². The SMILES string of the molecule is CCOCCCn1c(SCC(=O)NCCC(C)C)nc2sc(C)c(C)c2c1=O. The zero-order valence-corrected chi connectivity index (χ0v) is 19.1.